The third kappa shape index (κ3) is 8.45. The quantitative estimate of drug-likeness (QED) is 0.231. The highest BCUT2D eigenvalue weighted by atomic mass is 16.5. The number of ketones is 1. The van der Waals surface area contributed by atoms with Crippen LogP contribution in [0.25, 0.3) is 0 Å². The molecule has 4 nitrogen and oxygen atoms in total. The van der Waals surface area contributed by atoms with Gasteiger partial charge < -0.3 is 9.84 Å². The average molecular weight is 427 g/mol. The van der Waals surface area contributed by atoms with Crippen molar-refractivity contribution in [3.8, 4) is 0 Å². The first-order valence-electron chi connectivity index (χ1n) is 11.8. The Balaban J connectivity index is 1.84. The molecule has 0 amide bonds. The van der Waals surface area contributed by atoms with Gasteiger partial charge in [0.15, 0.2) is 5.78 Å². The molecule has 2 rings (SSSR count). The molecule has 1 aromatic carbocycles. The molecular formula is C27H38O4. The van der Waals surface area contributed by atoms with Crippen molar-refractivity contribution in [3.63, 3.8) is 0 Å². The summed E-state index contributed by atoms with van der Waals surface area (Å²) in [5, 5.41) is 10.4. The summed E-state index contributed by atoms with van der Waals surface area (Å²) in [5.41, 5.74) is 1.93. The molecule has 31 heavy (non-hydrogen) atoms. The summed E-state index contributed by atoms with van der Waals surface area (Å²) < 4.78 is 5.14. The molecule has 170 valence electrons. The maximum atomic E-state index is 12.5. The van der Waals surface area contributed by atoms with Gasteiger partial charge in [-0.3, -0.25) is 9.59 Å². The van der Waals surface area contributed by atoms with Crippen molar-refractivity contribution in [2.24, 2.45) is 5.92 Å². The van der Waals surface area contributed by atoms with Crippen molar-refractivity contribution in [2.45, 2.75) is 90.3 Å². The van der Waals surface area contributed by atoms with Crippen LogP contribution >= 0.6 is 0 Å². The second-order valence-electron chi connectivity index (χ2n) is 8.72. The van der Waals surface area contributed by atoms with Crippen molar-refractivity contribution < 1.29 is 19.4 Å². The molecule has 0 aliphatic heterocycles. The summed E-state index contributed by atoms with van der Waals surface area (Å²) >= 11 is 0. The number of unbranched alkanes of at least 4 members (excludes halogenated alkanes) is 3. The minimum atomic E-state index is -0.436. The van der Waals surface area contributed by atoms with Crippen LogP contribution in [-0.2, 0) is 14.3 Å². The first-order chi connectivity index (χ1) is 14.9. The molecule has 1 aliphatic rings. The van der Waals surface area contributed by atoms with Crippen LogP contribution in [0.5, 0.6) is 0 Å². The molecule has 4 heteroatoms. The van der Waals surface area contributed by atoms with Gasteiger partial charge in [0.05, 0.1) is 18.1 Å². The van der Waals surface area contributed by atoms with E-state index in [-0.39, 0.29) is 29.7 Å². The summed E-state index contributed by atoms with van der Waals surface area (Å²) in [6.07, 6.45) is 14.3. The number of aliphatic hydroxyl groups excluding tert-OH is 1. The Hall–Kier alpha value is -2.20. The lowest BCUT2D eigenvalue weighted by Crippen LogP contribution is -2.13. The number of allylic oxidation sites excluding steroid dienone is 4. The maximum Gasteiger partial charge on any atom is 0.306 e. The van der Waals surface area contributed by atoms with Crippen LogP contribution in [0.3, 0.4) is 0 Å². The topological polar surface area (TPSA) is 63.6 Å². The fraction of sp³-hybridized carbons (Fsp3) is 0.556. The zero-order valence-electron chi connectivity index (χ0n) is 19.3. The van der Waals surface area contributed by atoms with E-state index in [0.717, 1.165) is 56.1 Å². The van der Waals surface area contributed by atoms with Gasteiger partial charge in [-0.25, -0.2) is 0 Å². The van der Waals surface area contributed by atoms with E-state index in [1.807, 2.05) is 44.2 Å². The molecule has 0 spiro atoms. The SMILES string of the molecule is CCCCCC(O)c1ccc([C@H]2C(=O)C=C[C@@H]2C/C=C\CCCC(=O)OC(C)C)cc1. The van der Waals surface area contributed by atoms with E-state index in [9.17, 15) is 14.7 Å². The third-order valence-corrected chi connectivity index (χ3v) is 5.70. The van der Waals surface area contributed by atoms with Gasteiger partial charge in [0.25, 0.3) is 0 Å². The lowest BCUT2D eigenvalue weighted by molar-refractivity contribution is -0.147. The number of esters is 1. The summed E-state index contributed by atoms with van der Waals surface area (Å²) in [7, 11) is 0. The number of carbonyl (C=O) groups is 2. The van der Waals surface area contributed by atoms with Gasteiger partial charge in [-0.1, -0.05) is 68.7 Å². The Kier molecular flexibility index (Phi) is 10.7. The Bertz CT molecular complexity index is 745. The molecule has 0 aromatic heterocycles. The van der Waals surface area contributed by atoms with E-state index in [1.54, 1.807) is 6.08 Å². The van der Waals surface area contributed by atoms with Crippen LogP contribution in [0.1, 0.15) is 95.3 Å². The minimum absolute atomic E-state index is 0.0648. The van der Waals surface area contributed by atoms with E-state index in [1.165, 1.54) is 0 Å². The number of ether oxygens (including phenoxy) is 1. The third-order valence-electron chi connectivity index (χ3n) is 5.70. The number of hydrogen-bond acceptors (Lipinski definition) is 4. The van der Waals surface area contributed by atoms with Crippen molar-refractivity contribution >= 4 is 11.8 Å². The van der Waals surface area contributed by atoms with Crippen molar-refractivity contribution in [1.82, 2.24) is 0 Å². The Morgan fingerprint density at radius 1 is 1.13 bits per heavy atom. The summed E-state index contributed by atoms with van der Waals surface area (Å²) in [6.45, 7) is 5.87. The van der Waals surface area contributed by atoms with E-state index in [2.05, 4.69) is 19.1 Å². The molecule has 0 saturated heterocycles. The molecule has 0 heterocycles. The smallest absolute Gasteiger partial charge is 0.306 e. The second-order valence-corrected chi connectivity index (χ2v) is 8.72. The zero-order chi connectivity index (χ0) is 22.6. The molecule has 1 aliphatic carbocycles. The molecule has 0 bridgehead atoms. The first-order valence-corrected chi connectivity index (χ1v) is 11.8. The first kappa shape index (κ1) is 25.1. The lowest BCUT2D eigenvalue weighted by atomic mass is 9.85. The van der Waals surface area contributed by atoms with E-state index >= 15 is 0 Å². The van der Waals surface area contributed by atoms with Crippen LogP contribution in [0.4, 0.5) is 0 Å². The fourth-order valence-electron chi connectivity index (χ4n) is 4.01. The molecule has 1 unspecified atom stereocenters. The number of hydrogen-bond donors (Lipinski definition) is 1. The zero-order valence-corrected chi connectivity index (χ0v) is 19.3. The molecule has 1 aromatic rings. The normalized spacial score (nSPS) is 19.5. The predicted molar refractivity (Wildman–Crippen MR) is 125 cm³/mol. The summed E-state index contributed by atoms with van der Waals surface area (Å²) in [6, 6.07) is 7.90. The maximum absolute atomic E-state index is 12.5. The highest BCUT2D eigenvalue weighted by molar-refractivity contribution is 5.98. The van der Waals surface area contributed by atoms with E-state index in [0.29, 0.717) is 6.42 Å². The van der Waals surface area contributed by atoms with Crippen LogP contribution in [0.15, 0.2) is 48.6 Å². The number of benzene rings is 1. The summed E-state index contributed by atoms with van der Waals surface area (Å²) in [5.74, 6) is -0.00951. The van der Waals surface area contributed by atoms with E-state index < -0.39 is 6.10 Å². The molecule has 0 saturated carbocycles. The molecule has 0 fully saturated rings. The standard InChI is InChI=1S/C27H38O4/c1-4-5-8-12-24(28)21-14-16-23(17-15-21)27-22(18-19-25(27)29)11-9-6-7-10-13-26(30)31-20(2)3/h6,9,14-20,22,24,27-28H,4-5,7-8,10-13H2,1-3H3/b9-6-/t22-,24?,27-/m0/s1. The average Bonchev–Trinajstić information content (AvgIpc) is 3.10. The van der Waals surface area contributed by atoms with Gasteiger partial charge in [0.2, 0.25) is 0 Å². The number of carbonyl (C=O) groups excluding carboxylic acids is 2. The second kappa shape index (κ2) is 13.3. The lowest BCUT2D eigenvalue weighted by Gasteiger charge is -2.18. The van der Waals surface area contributed by atoms with E-state index in [4.69, 9.17) is 4.74 Å². The van der Waals surface area contributed by atoms with Gasteiger partial charge in [-0.2, -0.15) is 0 Å². The fourth-order valence-corrected chi connectivity index (χ4v) is 4.01. The number of rotatable bonds is 13. The van der Waals surface area contributed by atoms with Gasteiger partial charge in [-0.05, 0) is 62.7 Å². The van der Waals surface area contributed by atoms with Crippen molar-refractivity contribution in [3.05, 3.63) is 59.7 Å². The van der Waals surface area contributed by atoms with Crippen LogP contribution < -0.4 is 0 Å². The van der Waals surface area contributed by atoms with Crippen molar-refractivity contribution in [1.29, 1.82) is 0 Å². The van der Waals surface area contributed by atoms with Gasteiger partial charge in [0, 0.05) is 6.42 Å². The minimum Gasteiger partial charge on any atom is -0.463 e. The Labute approximate surface area is 187 Å². The molecule has 0 radical (unpaired) electrons. The number of aliphatic hydroxyl groups is 1. The largest absolute Gasteiger partial charge is 0.463 e. The Morgan fingerprint density at radius 3 is 2.55 bits per heavy atom. The monoisotopic (exact) mass is 426 g/mol. The highest BCUT2D eigenvalue weighted by Gasteiger charge is 2.30. The van der Waals surface area contributed by atoms with Gasteiger partial charge in [-0.15, -0.1) is 0 Å². The van der Waals surface area contributed by atoms with Crippen molar-refractivity contribution in [2.75, 3.05) is 0 Å². The van der Waals surface area contributed by atoms with Gasteiger partial charge in [0.1, 0.15) is 0 Å². The Morgan fingerprint density at radius 2 is 1.87 bits per heavy atom. The van der Waals surface area contributed by atoms with Crippen LogP contribution in [0, 0.1) is 5.92 Å². The molecule has 1 N–H and O–H groups in total. The van der Waals surface area contributed by atoms with Crippen LogP contribution in [0.2, 0.25) is 0 Å². The van der Waals surface area contributed by atoms with Crippen LogP contribution in [-0.4, -0.2) is 23.0 Å². The highest BCUT2D eigenvalue weighted by Crippen LogP contribution is 2.35. The molecule has 3 atom stereocenters. The van der Waals surface area contributed by atoms with Gasteiger partial charge >= 0.3 is 5.97 Å². The predicted octanol–water partition coefficient (Wildman–Crippen LogP) is 6.21. The summed E-state index contributed by atoms with van der Waals surface area (Å²) in [4.78, 5) is 24.0. The molecular weight excluding hydrogens is 388 g/mol.